The third-order valence-electron chi connectivity index (χ3n) is 6.30. The van der Waals surface area contributed by atoms with Gasteiger partial charge >= 0.3 is 6.03 Å². The lowest BCUT2D eigenvalue weighted by Crippen LogP contribution is -2.53. The van der Waals surface area contributed by atoms with E-state index in [1.165, 1.54) is 6.42 Å². The number of urea groups is 1. The van der Waals surface area contributed by atoms with Gasteiger partial charge in [-0.15, -0.1) is 0 Å². The van der Waals surface area contributed by atoms with Gasteiger partial charge in [0.15, 0.2) is 0 Å². The molecule has 3 amide bonds. The van der Waals surface area contributed by atoms with Crippen molar-refractivity contribution in [3.05, 3.63) is 35.7 Å². The Kier molecular flexibility index (Phi) is 7.71. The van der Waals surface area contributed by atoms with Gasteiger partial charge in [0.25, 0.3) is 0 Å². The lowest BCUT2D eigenvalue weighted by Gasteiger charge is -2.32. The molecule has 0 spiro atoms. The van der Waals surface area contributed by atoms with E-state index >= 15 is 0 Å². The van der Waals surface area contributed by atoms with E-state index in [-0.39, 0.29) is 17.9 Å². The Morgan fingerprint density at radius 1 is 1.10 bits per heavy atom. The molecule has 1 aromatic heterocycles. The number of nitrogens with one attached hydrogen (secondary N) is 3. The number of rotatable bonds is 7. The summed E-state index contributed by atoms with van der Waals surface area (Å²) in [6.45, 7) is 9.11. The number of carbonyl (C=O) groups is 2. The molecule has 2 aromatic rings. The second-order valence-electron chi connectivity index (χ2n) is 8.37. The van der Waals surface area contributed by atoms with Gasteiger partial charge in [0.1, 0.15) is 6.04 Å². The highest BCUT2D eigenvalue weighted by Crippen LogP contribution is 2.29. The van der Waals surface area contributed by atoms with E-state index in [0.29, 0.717) is 13.1 Å². The Morgan fingerprint density at radius 3 is 2.29 bits per heavy atom. The lowest BCUT2D eigenvalue weighted by atomic mass is 9.83. The fraction of sp³-hybridized carbons (Fsp3) is 0.542. The monoisotopic (exact) mass is 425 g/mol. The quantitative estimate of drug-likeness (QED) is 0.604. The van der Waals surface area contributed by atoms with Crippen LogP contribution < -0.4 is 10.6 Å². The van der Waals surface area contributed by atoms with E-state index < -0.39 is 6.04 Å². The number of H-pyrrole nitrogens is 1. The maximum atomic E-state index is 13.2. The van der Waals surface area contributed by atoms with Crippen LogP contribution in [0.3, 0.4) is 0 Å². The molecule has 0 aliphatic heterocycles. The molecule has 0 radical (unpaired) electrons. The van der Waals surface area contributed by atoms with E-state index in [0.717, 1.165) is 53.9 Å². The summed E-state index contributed by atoms with van der Waals surface area (Å²) in [6.07, 6.45) is 5.34. The third kappa shape index (κ3) is 5.46. The summed E-state index contributed by atoms with van der Waals surface area (Å²) in [4.78, 5) is 27.6. The van der Waals surface area contributed by atoms with Crippen LogP contribution in [0.1, 0.15) is 57.3 Å². The number of hydrogen-bond acceptors (Lipinski definition) is 3. The highest BCUT2D eigenvalue weighted by atomic mass is 16.2. The van der Waals surface area contributed by atoms with Crippen LogP contribution in [0.4, 0.5) is 10.5 Å². The second kappa shape index (κ2) is 10.5. The molecule has 3 rings (SSSR count). The fourth-order valence-electron chi connectivity index (χ4n) is 4.52. The summed E-state index contributed by atoms with van der Waals surface area (Å²) < 4.78 is 0. The first-order valence-corrected chi connectivity index (χ1v) is 11.4. The predicted octanol–water partition coefficient (Wildman–Crippen LogP) is 4.63. The predicted molar refractivity (Wildman–Crippen MR) is 124 cm³/mol. The molecule has 0 bridgehead atoms. The van der Waals surface area contributed by atoms with E-state index in [4.69, 9.17) is 0 Å². The first-order chi connectivity index (χ1) is 14.9. The van der Waals surface area contributed by atoms with Crippen molar-refractivity contribution in [1.82, 2.24) is 20.4 Å². The first kappa shape index (κ1) is 22.8. The summed E-state index contributed by atoms with van der Waals surface area (Å²) in [5.74, 6) is 0.0274. The number of aromatic nitrogens is 2. The maximum Gasteiger partial charge on any atom is 0.318 e. The summed E-state index contributed by atoms with van der Waals surface area (Å²) in [5.41, 5.74) is 4.84. The Hall–Kier alpha value is -2.83. The van der Waals surface area contributed by atoms with Crippen molar-refractivity contribution < 1.29 is 9.59 Å². The zero-order valence-corrected chi connectivity index (χ0v) is 19.1. The van der Waals surface area contributed by atoms with Gasteiger partial charge in [-0.1, -0.05) is 31.4 Å². The normalized spacial score (nSPS) is 15.4. The zero-order valence-electron chi connectivity index (χ0n) is 19.1. The lowest BCUT2D eigenvalue weighted by molar-refractivity contribution is -0.119. The van der Waals surface area contributed by atoms with Crippen LogP contribution >= 0.6 is 0 Å². The Bertz CT molecular complexity index is 860. The van der Waals surface area contributed by atoms with Gasteiger partial charge in [-0.05, 0) is 64.2 Å². The Morgan fingerprint density at radius 2 is 1.74 bits per heavy atom. The molecule has 168 valence electrons. The van der Waals surface area contributed by atoms with Crippen molar-refractivity contribution in [2.24, 2.45) is 5.92 Å². The summed E-state index contributed by atoms with van der Waals surface area (Å²) >= 11 is 0. The summed E-state index contributed by atoms with van der Waals surface area (Å²) in [5, 5.41) is 13.3. The molecule has 1 aliphatic carbocycles. The molecule has 3 N–H and O–H groups in total. The average molecular weight is 426 g/mol. The minimum atomic E-state index is -0.522. The van der Waals surface area contributed by atoms with Crippen LogP contribution in [0.25, 0.3) is 11.1 Å². The van der Waals surface area contributed by atoms with E-state index in [2.05, 4.69) is 20.8 Å². The van der Waals surface area contributed by atoms with Crippen molar-refractivity contribution in [1.29, 1.82) is 0 Å². The number of benzene rings is 1. The average Bonchev–Trinajstić information content (AvgIpc) is 3.12. The van der Waals surface area contributed by atoms with Crippen LogP contribution in [-0.4, -0.2) is 46.2 Å². The number of amides is 3. The number of nitrogens with zero attached hydrogens (tertiary/aromatic N) is 2. The van der Waals surface area contributed by atoms with Gasteiger partial charge in [-0.2, -0.15) is 5.10 Å². The topological polar surface area (TPSA) is 90.1 Å². The van der Waals surface area contributed by atoms with E-state index in [9.17, 15) is 9.59 Å². The Balaban J connectivity index is 1.74. The molecule has 7 nitrogen and oxygen atoms in total. The summed E-state index contributed by atoms with van der Waals surface area (Å²) in [7, 11) is 0. The van der Waals surface area contributed by atoms with Gasteiger partial charge in [-0.3, -0.25) is 9.89 Å². The van der Waals surface area contributed by atoms with Crippen LogP contribution in [0.2, 0.25) is 0 Å². The van der Waals surface area contributed by atoms with Crippen molar-refractivity contribution in [3.8, 4) is 11.1 Å². The molecule has 0 saturated heterocycles. The van der Waals surface area contributed by atoms with Crippen LogP contribution in [0.15, 0.2) is 24.3 Å². The smallest absolute Gasteiger partial charge is 0.318 e. The largest absolute Gasteiger partial charge is 0.326 e. The number of aryl methyl sites for hydroxylation is 2. The van der Waals surface area contributed by atoms with Gasteiger partial charge in [0.05, 0.1) is 5.69 Å². The van der Waals surface area contributed by atoms with Crippen molar-refractivity contribution in [3.63, 3.8) is 0 Å². The SMILES string of the molecule is CCN(CC)C(=O)N[C@H](C(=O)Nc1ccc(-c2c(C)n[nH]c2C)cc1)C1CCCCC1. The molecule has 1 atom stereocenters. The second-order valence-corrected chi connectivity index (χ2v) is 8.37. The van der Waals surface area contributed by atoms with Crippen LogP contribution in [0, 0.1) is 19.8 Å². The number of hydrogen-bond donors (Lipinski definition) is 3. The number of aromatic amines is 1. The highest BCUT2D eigenvalue weighted by Gasteiger charge is 2.32. The first-order valence-electron chi connectivity index (χ1n) is 11.4. The van der Waals surface area contributed by atoms with Gasteiger partial charge in [0, 0.05) is 30.0 Å². The van der Waals surface area contributed by atoms with E-state index in [1.54, 1.807) is 4.90 Å². The van der Waals surface area contributed by atoms with Gasteiger partial charge in [0.2, 0.25) is 5.91 Å². The molecular formula is C24H35N5O2. The third-order valence-corrected chi connectivity index (χ3v) is 6.30. The van der Waals surface area contributed by atoms with Gasteiger partial charge in [-0.25, -0.2) is 4.79 Å². The standard InChI is InChI=1S/C24H35N5O2/c1-5-29(6-2)24(31)26-22(19-10-8-7-9-11-19)23(30)25-20-14-12-18(13-15-20)21-16(3)27-28-17(21)4/h12-15,19,22H,5-11H2,1-4H3,(H,25,30)(H,26,31)(H,27,28)/t22-/m0/s1. The number of anilines is 1. The van der Waals surface area contributed by atoms with Crippen LogP contribution in [-0.2, 0) is 4.79 Å². The molecule has 1 heterocycles. The highest BCUT2D eigenvalue weighted by molar-refractivity contribution is 5.97. The van der Waals surface area contributed by atoms with Gasteiger partial charge < -0.3 is 15.5 Å². The number of carbonyl (C=O) groups excluding carboxylic acids is 2. The molecule has 1 saturated carbocycles. The van der Waals surface area contributed by atoms with Crippen LogP contribution in [0.5, 0.6) is 0 Å². The fourth-order valence-corrected chi connectivity index (χ4v) is 4.52. The summed E-state index contributed by atoms with van der Waals surface area (Å²) in [6, 6.07) is 7.10. The molecule has 1 aliphatic rings. The Labute approximate surface area is 185 Å². The molecule has 0 unspecified atom stereocenters. The minimum Gasteiger partial charge on any atom is -0.326 e. The maximum absolute atomic E-state index is 13.2. The molecule has 1 aromatic carbocycles. The molecule has 31 heavy (non-hydrogen) atoms. The molecule has 7 heteroatoms. The minimum absolute atomic E-state index is 0.143. The van der Waals surface area contributed by atoms with Crippen molar-refractivity contribution in [2.75, 3.05) is 18.4 Å². The van der Waals surface area contributed by atoms with E-state index in [1.807, 2.05) is 52.0 Å². The van der Waals surface area contributed by atoms with Crippen molar-refractivity contribution >= 4 is 17.6 Å². The molecular weight excluding hydrogens is 390 g/mol. The van der Waals surface area contributed by atoms with Crippen molar-refractivity contribution in [2.45, 2.75) is 65.8 Å². The molecule has 1 fully saturated rings. The zero-order chi connectivity index (χ0) is 22.4.